The van der Waals surface area contributed by atoms with Gasteiger partial charge in [-0.15, -0.1) is 0 Å². The molecule has 0 spiro atoms. The summed E-state index contributed by atoms with van der Waals surface area (Å²) in [6.45, 7) is 1.22. The highest BCUT2D eigenvalue weighted by molar-refractivity contribution is 5.79. The zero-order valence-corrected chi connectivity index (χ0v) is 16.2. The smallest absolute Gasteiger partial charge is 0.191 e. The number of benzene rings is 1. The van der Waals surface area contributed by atoms with E-state index in [1.54, 1.807) is 38.3 Å². The lowest BCUT2D eigenvalue weighted by Crippen LogP contribution is -2.36. The Kier molecular flexibility index (Phi) is 6.46. The largest absolute Gasteiger partial charge is 0.493 e. The Hall–Kier alpha value is -3.55. The Morgan fingerprint density at radius 3 is 2.39 bits per heavy atom. The van der Waals surface area contributed by atoms with Crippen LogP contribution in [-0.2, 0) is 13.1 Å². The van der Waals surface area contributed by atoms with Crippen molar-refractivity contribution >= 4 is 5.96 Å². The zero-order valence-electron chi connectivity index (χ0n) is 16.2. The van der Waals surface area contributed by atoms with Crippen LogP contribution in [0, 0.1) is 0 Å². The molecule has 3 rings (SSSR count). The van der Waals surface area contributed by atoms with E-state index in [9.17, 15) is 0 Å². The molecule has 3 aromatic rings. The molecule has 0 atom stereocenters. The van der Waals surface area contributed by atoms with E-state index in [4.69, 9.17) is 9.47 Å². The Morgan fingerprint density at radius 1 is 1.00 bits per heavy atom. The highest BCUT2D eigenvalue weighted by Crippen LogP contribution is 2.27. The van der Waals surface area contributed by atoms with E-state index >= 15 is 0 Å². The molecule has 2 heterocycles. The lowest BCUT2D eigenvalue weighted by atomic mass is 10.2. The first-order valence-electron chi connectivity index (χ1n) is 8.84. The third kappa shape index (κ3) is 4.79. The van der Waals surface area contributed by atoms with Crippen molar-refractivity contribution in [3.05, 3.63) is 66.1 Å². The van der Waals surface area contributed by atoms with Crippen molar-refractivity contribution in [1.29, 1.82) is 0 Å². The molecule has 2 aromatic heterocycles. The molecule has 28 heavy (non-hydrogen) atoms. The number of rotatable bonds is 7. The molecule has 0 aliphatic carbocycles. The number of hydrogen-bond donors (Lipinski definition) is 2. The molecule has 1 aromatic carbocycles. The fourth-order valence-electron chi connectivity index (χ4n) is 2.68. The van der Waals surface area contributed by atoms with Crippen LogP contribution in [0.2, 0.25) is 0 Å². The minimum absolute atomic E-state index is 0.606. The van der Waals surface area contributed by atoms with Gasteiger partial charge in [-0.2, -0.15) is 5.10 Å². The molecule has 0 fully saturated rings. The number of aliphatic imine (C=N–C) groups is 1. The van der Waals surface area contributed by atoms with Gasteiger partial charge in [-0.25, -0.2) is 9.67 Å². The molecule has 0 radical (unpaired) electrons. The minimum atomic E-state index is 0.606. The van der Waals surface area contributed by atoms with Gasteiger partial charge in [-0.1, -0.05) is 6.07 Å². The van der Waals surface area contributed by atoms with E-state index in [-0.39, 0.29) is 0 Å². The number of nitrogens with one attached hydrogen (secondary N) is 2. The van der Waals surface area contributed by atoms with Gasteiger partial charge < -0.3 is 20.1 Å². The second-order valence-electron chi connectivity index (χ2n) is 5.94. The molecule has 0 aliphatic rings. The summed E-state index contributed by atoms with van der Waals surface area (Å²) in [6, 6.07) is 11.6. The Morgan fingerprint density at radius 2 is 1.75 bits per heavy atom. The molecule has 0 aliphatic heterocycles. The molecule has 8 nitrogen and oxygen atoms in total. The second kappa shape index (κ2) is 9.40. The number of methoxy groups -OCH3 is 2. The maximum Gasteiger partial charge on any atom is 0.191 e. The minimum Gasteiger partial charge on any atom is -0.493 e. The van der Waals surface area contributed by atoms with Crippen LogP contribution in [0.5, 0.6) is 11.5 Å². The Bertz CT molecular complexity index is 924. The van der Waals surface area contributed by atoms with Crippen LogP contribution in [-0.4, -0.2) is 42.0 Å². The molecule has 0 saturated heterocycles. The van der Waals surface area contributed by atoms with Crippen LogP contribution < -0.4 is 20.1 Å². The standard InChI is InChI=1S/C20H24N6O2/c1-21-20(23-13-15-5-6-17(27-2)18(11-15)28-3)24-14-16-7-9-22-19(12-16)26-10-4-8-25-26/h4-12H,13-14H2,1-3H3,(H2,21,23,24). The normalized spacial score (nSPS) is 11.2. The van der Waals surface area contributed by atoms with Gasteiger partial charge in [0.05, 0.1) is 14.2 Å². The summed E-state index contributed by atoms with van der Waals surface area (Å²) in [5.41, 5.74) is 2.14. The molecular weight excluding hydrogens is 356 g/mol. The van der Waals surface area contributed by atoms with Crippen molar-refractivity contribution in [2.24, 2.45) is 4.99 Å². The first-order valence-corrected chi connectivity index (χ1v) is 8.84. The Labute approximate surface area is 164 Å². The van der Waals surface area contributed by atoms with E-state index in [1.807, 2.05) is 42.6 Å². The third-order valence-electron chi connectivity index (χ3n) is 4.14. The maximum atomic E-state index is 5.35. The highest BCUT2D eigenvalue weighted by atomic mass is 16.5. The van der Waals surface area contributed by atoms with Gasteiger partial charge in [-0.05, 0) is 41.5 Å². The number of aromatic nitrogens is 3. The fraction of sp³-hybridized carbons (Fsp3) is 0.250. The summed E-state index contributed by atoms with van der Waals surface area (Å²) in [4.78, 5) is 8.61. The van der Waals surface area contributed by atoms with Crippen molar-refractivity contribution < 1.29 is 9.47 Å². The van der Waals surface area contributed by atoms with Crippen LogP contribution in [0.25, 0.3) is 5.82 Å². The number of pyridine rings is 1. The summed E-state index contributed by atoms with van der Waals surface area (Å²) in [7, 11) is 4.99. The van der Waals surface area contributed by atoms with E-state index in [0.29, 0.717) is 30.5 Å². The summed E-state index contributed by atoms with van der Waals surface area (Å²) in [6.07, 6.45) is 5.36. The number of ether oxygens (including phenoxy) is 2. The SMILES string of the molecule is CN=C(NCc1ccnc(-n2cccn2)c1)NCc1ccc(OC)c(OC)c1. The third-order valence-corrected chi connectivity index (χ3v) is 4.14. The molecule has 0 unspecified atom stereocenters. The van der Waals surface area contributed by atoms with Crippen LogP contribution in [0.4, 0.5) is 0 Å². The second-order valence-corrected chi connectivity index (χ2v) is 5.94. The van der Waals surface area contributed by atoms with Crippen molar-refractivity contribution in [3.8, 4) is 17.3 Å². The lowest BCUT2D eigenvalue weighted by molar-refractivity contribution is 0.354. The van der Waals surface area contributed by atoms with E-state index in [1.165, 1.54) is 0 Å². The predicted octanol–water partition coefficient (Wildman–Crippen LogP) is 2.15. The highest BCUT2D eigenvalue weighted by Gasteiger charge is 2.06. The fourth-order valence-corrected chi connectivity index (χ4v) is 2.68. The van der Waals surface area contributed by atoms with Crippen molar-refractivity contribution in [1.82, 2.24) is 25.4 Å². The van der Waals surface area contributed by atoms with Crippen molar-refractivity contribution in [3.63, 3.8) is 0 Å². The van der Waals surface area contributed by atoms with Crippen molar-refractivity contribution in [2.75, 3.05) is 21.3 Å². The van der Waals surface area contributed by atoms with Gasteiger partial charge in [0, 0.05) is 38.7 Å². The van der Waals surface area contributed by atoms with Gasteiger partial charge in [0.15, 0.2) is 23.3 Å². The van der Waals surface area contributed by atoms with E-state index in [2.05, 4.69) is 25.7 Å². The summed E-state index contributed by atoms with van der Waals surface area (Å²) in [5.74, 6) is 2.89. The summed E-state index contributed by atoms with van der Waals surface area (Å²) < 4.78 is 12.3. The van der Waals surface area contributed by atoms with Gasteiger partial charge in [-0.3, -0.25) is 4.99 Å². The van der Waals surface area contributed by atoms with Gasteiger partial charge >= 0.3 is 0 Å². The van der Waals surface area contributed by atoms with Crippen molar-refractivity contribution in [2.45, 2.75) is 13.1 Å². The number of hydrogen-bond acceptors (Lipinski definition) is 5. The molecule has 0 saturated carbocycles. The maximum absolute atomic E-state index is 5.35. The first kappa shape index (κ1) is 19.2. The molecular formula is C20H24N6O2. The molecule has 2 N–H and O–H groups in total. The summed E-state index contributed by atoms with van der Waals surface area (Å²) >= 11 is 0. The van der Waals surface area contributed by atoms with E-state index < -0.39 is 0 Å². The number of nitrogens with zero attached hydrogens (tertiary/aromatic N) is 4. The average molecular weight is 380 g/mol. The van der Waals surface area contributed by atoms with E-state index in [0.717, 1.165) is 16.9 Å². The summed E-state index contributed by atoms with van der Waals surface area (Å²) in [5, 5.41) is 10.8. The zero-order chi connectivity index (χ0) is 19.8. The molecule has 0 amide bonds. The monoisotopic (exact) mass is 380 g/mol. The van der Waals surface area contributed by atoms with Crippen LogP contribution in [0.15, 0.2) is 60.0 Å². The number of guanidine groups is 1. The lowest BCUT2D eigenvalue weighted by Gasteiger charge is -2.14. The molecule has 0 bridgehead atoms. The predicted molar refractivity (Wildman–Crippen MR) is 108 cm³/mol. The van der Waals surface area contributed by atoms with Gasteiger partial charge in [0.25, 0.3) is 0 Å². The van der Waals surface area contributed by atoms with Gasteiger partial charge in [0.2, 0.25) is 0 Å². The molecule has 146 valence electrons. The quantitative estimate of drug-likeness (QED) is 0.483. The van der Waals surface area contributed by atoms with Crippen LogP contribution >= 0.6 is 0 Å². The van der Waals surface area contributed by atoms with Gasteiger partial charge in [0.1, 0.15) is 0 Å². The topological polar surface area (TPSA) is 85.6 Å². The molecule has 8 heteroatoms. The van der Waals surface area contributed by atoms with Crippen LogP contribution in [0.3, 0.4) is 0 Å². The first-order chi connectivity index (χ1) is 13.7. The Balaban J connectivity index is 1.58. The average Bonchev–Trinajstić information content (AvgIpc) is 3.29. The van der Waals surface area contributed by atoms with Crippen LogP contribution in [0.1, 0.15) is 11.1 Å².